The molecular weight excluding hydrogens is 266 g/mol. The first-order valence-corrected chi connectivity index (χ1v) is 6.20. The number of aliphatic hydroxyl groups excluding tert-OH is 1. The molecule has 0 spiro atoms. The van der Waals surface area contributed by atoms with Crippen molar-refractivity contribution >= 4 is 0 Å². The van der Waals surface area contributed by atoms with Gasteiger partial charge < -0.3 is 9.84 Å². The van der Waals surface area contributed by atoms with E-state index in [1.54, 1.807) is 4.68 Å². The molecule has 0 aliphatic heterocycles. The summed E-state index contributed by atoms with van der Waals surface area (Å²) in [6, 6.07) is 3.28. The van der Waals surface area contributed by atoms with Gasteiger partial charge in [-0.1, -0.05) is 6.07 Å². The Kier molecular flexibility index (Phi) is 4.04. The van der Waals surface area contributed by atoms with Gasteiger partial charge in [-0.15, -0.1) is 0 Å². The molecule has 2 rings (SSSR count). The van der Waals surface area contributed by atoms with Crippen molar-refractivity contribution in [2.24, 2.45) is 0 Å². The van der Waals surface area contributed by atoms with Crippen molar-refractivity contribution in [3.63, 3.8) is 0 Å². The van der Waals surface area contributed by atoms with E-state index in [1.165, 1.54) is 19.4 Å². The maximum atomic E-state index is 13.3. The number of benzene rings is 1. The summed E-state index contributed by atoms with van der Waals surface area (Å²) in [6.07, 6.45) is 0.336. The van der Waals surface area contributed by atoms with Crippen molar-refractivity contribution in [1.82, 2.24) is 9.78 Å². The highest BCUT2D eigenvalue weighted by atomic mass is 19.2. The second-order valence-electron chi connectivity index (χ2n) is 4.71. The van der Waals surface area contributed by atoms with Crippen molar-refractivity contribution in [3.8, 4) is 5.75 Å². The van der Waals surface area contributed by atoms with Gasteiger partial charge in [0.05, 0.1) is 13.3 Å². The van der Waals surface area contributed by atoms with Crippen LogP contribution in [0, 0.1) is 11.6 Å². The molecule has 4 nitrogen and oxygen atoms in total. The van der Waals surface area contributed by atoms with Crippen molar-refractivity contribution in [2.75, 3.05) is 7.11 Å². The Morgan fingerprint density at radius 1 is 1.25 bits per heavy atom. The summed E-state index contributed by atoms with van der Waals surface area (Å²) in [5.41, 5.74) is 0.651. The number of methoxy groups -OCH3 is 1. The van der Waals surface area contributed by atoms with Gasteiger partial charge in [-0.3, -0.25) is 4.68 Å². The van der Waals surface area contributed by atoms with Gasteiger partial charge in [0.15, 0.2) is 17.4 Å². The fourth-order valence-corrected chi connectivity index (χ4v) is 2.03. The smallest absolute Gasteiger partial charge is 0.163 e. The first-order valence-electron chi connectivity index (χ1n) is 6.20. The molecule has 0 aliphatic carbocycles. The van der Waals surface area contributed by atoms with E-state index in [1.807, 2.05) is 13.8 Å². The molecular formula is C14H16F2N2O2. The monoisotopic (exact) mass is 282 g/mol. The normalized spacial score (nSPS) is 12.8. The van der Waals surface area contributed by atoms with E-state index >= 15 is 0 Å². The quantitative estimate of drug-likeness (QED) is 0.938. The van der Waals surface area contributed by atoms with Crippen LogP contribution in [0.5, 0.6) is 5.75 Å². The van der Waals surface area contributed by atoms with Crippen LogP contribution in [0.4, 0.5) is 8.78 Å². The Bertz CT molecular complexity index is 611. The van der Waals surface area contributed by atoms with E-state index in [9.17, 15) is 13.9 Å². The average Bonchev–Trinajstić information content (AvgIpc) is 2.85. The SMILES string of the molecule is COc1cnn(C(C)C)c1C(O)c1ccc(F)c(F)c1. The molecule has 0 radical (unpaired) electrons. The van der Waals surface area contributed by atoms with E-state index < -0.39 is 17.7 Å². The van der Waals surface area contributed by atoms with E-state index in [0.717, 1.165) is 12.1 Å². The van der Waals surface area contributed by atoms with E-state index in [4.69, 9.17) is 4.74 Å². The minimum absolute atomic E-state index is 0.00570. The average molecular weight is 282 g/mol. The number of halogens is 2. The molecule has 1 aromatic heterocycles. The summed E-state index contributed by atoms with van der Waals surface area (Å²) < 4.78 is 33.0. The van der Waals surface area contributed by atoms with Gasteiger partial charge >= 0.3 is 0 Å². The highest BCUT2D eigenvalue weighted by Crippen LogP contribution is 2.32. The third-order valence-corrected chi connectivity index (χ3v) is 3.03. The highest BCUT2D eigenvalue weighted by Gasteiger charge is 2.23. The molecule has 0 aliphatic rings. The van der Waals surface area contributed by atoms with Crippen LogP contribution >= 0.6 is 0 Å². The van der Waals surface area contributed by atoms with Crippen LogP contribution in [-0.2, 0) is 0 Å². The lowest BCUT2D eigenvalue weighted by Gasteiger charge is -2.17. The maximum absolute atomic E-state index is 13.3. The van der Waals surface area contributed by atoms with Gasteiger partial charge in [-0.25, -0.2) is 8.78 Å². The number of ether oxygens (including phenoxy) is 1. The Morgan fingerprint density at radius 3 is 2.50 bits per heavy atom. The number of hydrogen-bond acceptors (Lipinski definition) is 3. The van der Waals surface area contributed by atoms with Gasteiger partial charge in [0, 0.05) is 6.04 Å². The van der Waals surface area contributed by atoms with E-state index in [0.29, 0.717) is 11.4 Å². The van der Waals surface area contributed by atoms with Crippen LogP contribution in [0.1, 0.15) is 37.3 Å². The van der Waals surface area contributed by atoms with Crippen molar-refractivity contribution in [3.05, 3.63) is 47.3 Å². The predicted octanol–water partition coefficient (Wildman–Crippen LogP) is 2.83. The summed E-state index contributed by atoms with van der Waals surface area (Å²) in [5.74, 6) is -1.56. The zero-order chi connectivity index (χ0) is 14.9. The standard InChI is InChI=1S/C14H16F2N2O2/c1-8(2)18-13(12(20-3)7-17-18)14(19)9-4-5-10(15)11(16)6-9/h4-8,14,19H,1-3H3. The van der Waals surface area contributed by atoms with Gasteiger partial charge in [-0.05, 0) is 31.5 Å². The molecule has 108 valence electrons. The van der Waals surface area contributed by atoms with Gasteiger partial charge in [0.25, 0.3) is 0 Å². The van der Waals surface area contributed by atoms with Crippen LogP contribution in [-0.4, -0.2) is 22.0 Å². The molecule has 2 aromatic rings. The molecule has 0 bridgehead atoms. The molecule has 20 heavy (non-hydrogen) atoms. The van der Waals surface area contributed by atoms with Crippen molar-refractivity contribution in [2.45, 2.75) is 26.0 Å². The number of hydrogen-bond donors (Lipinski definition) is 1. The summed E-state index contributed by atoms with van der Waals surface area (Å²) in [4.78, 5) is 0. The minimum Gasteiger partial charge on any atom is -0.493 e. The number of aliphatic hydroxyl groups is 1. The highest BCUT2D eigenvalue weighted by molar-refractivity contribution is 5.35. The van der Waals surface area contributed by atoms with Gasteiger partial charge in [0.2, 0.25) is 0 Å². The molecule has 1 atom stereocenters. The maximum Gasteiger partial charge on any atom is 0.163 e. The zero-order valence-electron chi connectivity index (χ0n) is 11.5. The lowest BCUT2D eigenvalue weighted by Crippen LogP contribution is -2.13. The molecule has 0 saturated heterocycles. The lowest BCUT2D eigenvalue weighted by molar-refractivity contribution is 0.199. The van der Waals surface area contributed by atoms with E-state index in [2.05, 4.69) is 5.10 Å². The Labute approximate surface area is 115 Å². The topological polar surface area (TPSA) is 47.3 Å². The molecule has 0 amide bonds. The third kappa shape index (κ3) is 2.51. The zero-order valence-corrected chi connectivity index (χ0v) is 11.5. The summed E-state index contributed by atoms with van der Waals surface area (Å²) >= 11 is 0. The molecule has 1 heterocycles. The van der Waals surface area contributed by atoms with Crippen LogP contribution < -0.4 is 4.74 Å². The fraction of sp³-hybridized carbons (Fsp3) is 0.357. The second-order valence-corrected chi connectivity index (χ2v) is 4.71. The first kappa shape index (κ1) is 14.5. The van der Waals surface area contributed by atoms with Gasteiger partial charge in [-0.2, -0.15) is 5.10 Å². The molecule has 6 heteroatoms. The molecule has 1 unspecified atom stereocenters. The molecule has 0 fully saturated rings. The molecule has 0 saturated carbocycles. The lowest BCUT2D eigenvalue weighted by atomic mass is 10.1. The van der Waals surface area contributed by atoms with Gasteiger partial charge in [0.1, 0.15) is 11.8 Å². The second kappa shape index (κ2) is 5.58. The molecule has 1 N–H and O–H groups in total. The van der Waals surface area contributed by atoms with Crippen LogP contribution in [0.25, 0.3) is 0 Å². The van der Waals surface area contributed by atoms with Crippen LogP contribution in [0.2, 0.25) is 0 Å². The van der Waals surface area contributed by atoms with Crippen LogP contribution in [0.15, 0.2) is 24.4 Å². The predicted molar refractivity (Wildman–Crippen MR) is 69.6 cm³/mol. The minimum atomic E-state index is -1.15. The fourth-order valence-electron chi connectivity index (χ4n) is 2.03. The number of nitrogens with zero attached hydrogens (tertiary/aromatic N) is 2. The largest absolute Gasteiger partial charge is 0.493 e. The summed E-state index contributed by atoms with van der Waals surface area (Å²) in [7, 11) is 1.46. The molecule has 1 aromatic carbocycles. The van der Waals surface area contributed by atoms with Crippen LogP contribution in [0.3, 0.4) is 0 Å². The summed E-state index contributed by atoms with van der Waals surface area (Å²) in [6.45, 7) is 3.79. The Hall–Kier alpha value is -1.95. The number of rotatable bonds is 4. The first-order chi connectivity index (χ1) is 9.45. The van der Waals surface area contributed by atoms with E-state index in [-0.39, 0.29) is 11.6 Å². The Morgan fingerprint density at radius 2 is 1.95 bits per heavy atom. The number of aromatic nitrogens is 2. The summed E-state index contributed by atoms with van der Waals surface area (Å²) in [5, 5.41) is 14.5. The third-order valence-electron chi connectivity index (χ3n) is 3.03. The van der Waals surface area contributed by atoms with Crippen molar-refractivity contribution in [1.29, 1.82) is 0 Å². The van der Waals surface area contributed by atoms with Crippen molar-refractivity contribution < 1.29 is 18.6 Å². The Balaban J connectivity index is 2.49.